The first-order chi connectivity index (χ1) is 15.0. The molecule has 18 heteroatoms. The monoisotopic (exact) mass is 492 g/mol. The molecule has 2 aliphatic rings. The third kappa shape index (κ3) is 4.86. The fraction of sp³-hybridized carbons (Fsp3) is 0.429. The Labute approximate surface area is 183 Å². The number of aliphatic carboxylic acids is 1. The van der Waals surface area contributed by atoms with E-state index in [0.717, 1.165) is 16.2 Å². The lowest BCUT2D eigenvalue weighted by Crippen LogP contribution is -2.74. The van der Waals surface area contributed by atoms with Crippen LogP contribution in [0.1, 0.15) is 5.69 Å². The predicted octanol–water partition coefficient (Wildman–Crippen LogP) is -2.52. The molecule has 2 saturated heterocycles. The van der Waals surface area contributed by atoms with E-state index in [4.69, 9.17) is 15.6 Å². The van der Waals surface area contributed by atoms with E-state index in [1.165, 1.54) is 5.38 Å². The number of carboxylic acid groups (broad SMARTS) is 1. The number of hydrogen-bond acceptors (Lipinski definition) is 12. The Kier molecular flexibility index (Phi) is 6.46. The van der Waals surface area contributed by atoms with Gasteiger partial charge in [0.15, 0.2) is 10.8 Å². The van der Waals surface area contributed by atoms with Gasteiger partial charge >= 0.3 is 22.4 Å². The predicted molar refractivity (Wildman–Crippen MR) is 104 cm³/mol. The van der Waals surface area contributed by atoms with Crippen molar-refractivity contribution in [2.45, 2.75) is 12.1 Å². The summed E-state index contributed by atoms with van der Waals surface area (Å²) >= 11 is 0.943. The number of carbonyl (C=O) groups is 4. The number of carboxylic acids is 1. The number of nitrogens with two attached hydrogens (primary N) is 1. The average Bonchev–Trinajstić information content (AvgIpc) is 3.29. The second kappa shape index (κ2) is 8.93. The van der Waals surface area contributed by atoms with Crippen molar-refractivity contribution in [1.29, 1.82) is 0 Å². The van der Waals surface area contributed by atoms with Gasteiger partial charge in [0.1, 0.15) is 18.3 Å². The maximum Gasteiger partial charge on any atom is 0.410 e. The fourth-order valence-corrected chi connectivity index (χ4v) is 4.34. The van der Waals surface area contributed by atoms with Crippen molar-refractivity contribution in [2.75, 3.05) is 32.0 Å². The summed E-state index contributed by atoms with van der Waals surface area (Å²) in [5, 5.41) is 15.7. The molecule has 3 rings (SSSR count). The van der Waals surface area contributed by atoms with Gasteiger partial charge in [0.25, 0.3) is 11.8 Å². The van der Waals surface area contributed by atoms with Crippen LogP contribution < -0.4 is 11.1 Å². The number of cyclic esters (lactones) is 1. The first-order valence-electron chi connectivity index (χ1n) is 8.65. The summed E-state index contributed by atoms with van der Waals surface area (Å²) in [6, 6.07) is -2.81. The quantitative estimate of drug-likeness (QED) is 0.121. The zero-order valence-corrected chi connectivity index (χ0v) is 17.5. The summed E-state index contributed by atoms with van der Waals surface area (Å²) in [6.45, 7) is -1.08. The van der Waals surface area contributed by atoms with Crippen LogP contribution in [0, 0.1) is 0 Å². The van der Waals surface area contributed by atoms with E-state index in [2.05, 4.69) is 20.3 Å². The molecule has 174 valence electrons. The van der Waals surface area contributed by atoms with Gasteiger partial charge in [-0.05, 0) is 0 Å². The number of amides is 3. The van der Waals surface area contributed by atoms with Gasteiger partial charge in [-0.15, -0.1) is 11.3 Å². The number of carbonyl (C=O) groups excluding carboxylic acids is 3. The van der Waals surface area contributed by atoms with Crippen LogP contribution in [0.3, 0.4) is 0 Å². The molecule has 5 N–H and O–H groups in total. The Morgan fingerprint density at radius 2 is 2.16 bits per heavy atom. The average molecular weight is 492 g/mol. The summed E-state index contributed by atoms with van der Waals surface area (Å²) in [7, 11) is -4.98. The van der Waals surface area contributed by atoms with Gasteiger partial charge in [-0.1, -0.05) is 5.16 Å². The number of nitrogens with one attached hydrogen (secondary N) is 1. The van der Waals surface area contributed by atoms with Crippen molar-refractivity contribution in [3.05, 3.63) is 11.1 Å². The number of nitrogen functional groups attached to an aromatic ring is 1. The Bertz CT molecular complexity index is 1090. The topological polar surface area (TPSA) is 231 Å². The zero-order valence-electron chi connectivity index (χ0n) is 15.9. The number of rotatable bonds is 9. The molecule has 0 saturated carbocycles. The van der Waals surface area contributed by atoms with Crippen LogP contribution >= 0.6 is 11.3 Å². The van der Waals surface area contributed by atoms with Crippen molar-refractivity contribution in [1.82, 2.24) is 19.5 Å². The van der Waals surface area contributed by atoms with Crippen molar-refractivity contribution in [3.8, 4) is 0 Å². The highest BCUT2D eigenvalue weighted by Gasteiger charge is 2.55. The highest BCUT2D eigenvalue weighted by molar-refractivity contribution is 7.84. The minimum atomic E-state index is -4.98. The zero-order chi connectivity index (χ0) is 23.6. The molecule has 2 fully saturated rings. The number of hydrogen-bond donors (Lipinski definition) is 4. The molecule has 0 radical (unpaired) electrons. The van der Waals surface area contributed by atoms with Crippen molar-refractivity contribution in [3.63, 3.8) is 0 Å². The SMILES string of the molecule is Nc1nc(/C(=N/OCC(=O)O)C(=O)NC2C(=O)N(S(=O)(=O)O)C2CN2CCOC2=O)cs1. The largest absolute Gasteiger partial charge is 0.479 e. The Hall–Kier alpha value is -3.51. The molecular formula is C14H16N6O10S2. The number of nitrogens with zero attached hydrogens (tertiary/aromatic N) is 4. The second-order valence-corrected chi connectivity index (χ2v) is 8.55. The van der Waals surface area contributed by atoms with E-state index < -0.39 is 58.6 Å². The van der Waals surface area contributed by atoms with E-state index in [0.29, 0.717) is 0 Å². The molecule has 0 bridgehead atoms. The number of thiazole rings is 1. The number of ether oxygens (including phenoxy) is 1. The molecule has 32 heavy (non-hydrogen) atoms. The number of oxime groups is 1. The summed E-state index contributed by atoms with van der Waals surface area (Å²) < 4.78 is 37.4. The number of anilines is 1. The molecule has 2 aliphatic heterocycles. The Morgan fingerprint density at radius 1 is 1.44 bits per heavy atom. The Balaban J connectivity index is 1.82. The van der Waals surface area contributed by atoms with E-state index in [9.17, 15) is 32.1 Å². The lowest BCUT2D eigenvalue weighted by Gasteiger charge is -2.45. The van der Waals surface area contributed by atoms with E-state index in [1.54, 1.807) is 0 Å². The molecule has 0 aliphatic carbocycles. The standard InChI is InChI=1S/C14H16N6O10S2/c15-13-16-6(5-31-13)9(18-30-4-8(21)22)11(23)17-10-7(3-19-1-2-29-14(19)25)20(12(10)24)32(26,27)28/h5,7,10H,1-4H2,(H2,15,16)(H,17,23)(H,21,22)(H,26,27,28)/b18-9-. The third-order valence-corrected chi connectivity index (χ3v) is 5.90. The molecular weight excluding hydrogens is 476 g/mol. The highest BCUT2D eigenvalue weighted by atomic mass is 32.2. The maximum absolute atomic E-state index is 12.7. The molecule has 16 nitrogen and oxygen atoms in total. The van der Waals surface area contributed by atoms with Crippen LogP contribution in [0.25, 0.3) is 0 Å². The summed E-state index contributed by atoms with van der Waals surface area (Å²) in [4.78, 5) is 56.9. The van der Waals surface area contributed by atoms with Crippen LogP contribution in [0.2, 0.25) is 0 Å². The summed E-state index contributed by atoms with van der Waals surface area (Å²) in [5.41, 5.74) is 4.91. The minimum Gasteiger partial charge on any atom is -0.479 e. The molecule has 3 amide bonds. The third-order valence-electron chi connectivity index (χ3n) is 4.28. The van der Waals surface area contributed by atoms with Gasteiger partial charge in [0.2, 0.25) is 6.61 Å². The fourth-order valence-electron chi connectivity index (χ4n) is 2.92. The van der Waals surface area contributed by atoms with Gasteiger partial charge in [0, 0.05) is 11.9 Å². The first-order valence-corrected chi connectivity index (χ1v) is 10.9. The summed E-state index contributed by atoms with van der Waals surface area (Å²) in [6.07, 6.45) is -0.757. The van der Waals surface area contributed by atoms with Crippen LogP contribution in [0.15, 0.2) is 10.5 Å². The number of aromatic nitrogens is 1. The van der Waals surface area contributed by atoms with Gasteiger partial charge in [-0.2, -0.15) is 8.42 Å². The van der Waals surface area contributed by atoms with Gasteiger partial charge in [-0.25, -0.2) is 18.9 Å². The normalized spacial score (nSPS) is 21.2. The Morgan fingerprint density at radius 3 is 2.69 bits per heavy atom. The first kappa shape index (κ1) is 23.2. The van der Waals surface area contributed by atoms with Crippen molar-refractivity contribution >= 4 is 56.4 Å². The van der Waals surface area contributed by atoms with Gasteiger partial charge in [0.05, 0.1) is 12.6 Å². The maximum atomic E-state index is 12.7. The molecule has 3 heterocycles. The molecule has 0 aromatic carbocycles. The second-order valence-electron chi connectivity index (χ2n) is 6.37. The smallest absolute Gasteiger partial charge is 0.410 e. The minimum absolute atomic E-state index is 0.0470. The van der Waals surface area contributed by atoms with Crippen LogP contribution in [-0.2, 0) is 34.3 Å². The van der Waals surface area contributed by atoms with Crippen LogP contribution in [-0.4, -0.2) is 100 Å². The van der Waals surface area contributed by atoms with Crippen LogP contribution in [0.5, 0.6) is 0 Å². The van der Waals surface area contributed by atoms with E-state index in [-0.39, 0.29) is 34.8 Å². The van der Waals surface area contributed by atoms with Gasteiger partial charge < -0.3 is 30.6 Å². The van der Waals surface area contributed by atoms with Gasteiger partial charge in [-0.3, -0.25) is 14.1 Å². The van der Waals surface area contributed by atoms with Crippen LogP contribution in [0.4, 0.5) is 9.93 Å². The highest BCUT2D eigenvalue weighted by Crippen LogP contribution is 2.26. The molecule has 1 aromatic rings. The molecule has 2 unspecified atom stereocenters. The lowest BCUT2D eigenvalue weighted by atomic mass is 9.97. The number of β-lactam (4-membered cyclic amide) rings is 1. The van der Waals surface area contributed by atoms with E-state index >= 15 is 0 Å². The molecule has 0 spiro atoms. The lowest BCUT2D eigenvalue weighted by molar-refractivity contribution is -0.145. The molecule has 1 aromatic heterocycles. The van der Waals surface area contributed by atoms with Crippen molar-refractivity contribution < 1.29 is 46.8 Å². The van der Waals surface area contributed by atoms with Crippen molar-refractivity contribution in [2.24, 2.45) is 5.16 Å². The summed E-state index contributed by atoms with van der Waals surface area (Å²) in [5.74, 6) is -3.60. The molecule has 2 atom stereocenters. The van der Waals surface area contributed by atoms with E-state index in [1.807, 2.05) is 0 Å².